The molecule has 2 aromatic carbocycles. The lowest BCUT2D eigenvalue weighted by Crippen LogP contribution is -2.19. The Balaban J connectivity index is 2.22. The molecule has 0 unspecified atom stereocenters. The molecule has 1 amide bonds. The highest BCUT2D eigenvalue weighted by atomic mass is 35.5. The van der Waals surface area contributed by atoms with E-state index in [-0.39, 0.29) is 12.5 Å². The number of anilines is 1. The number of ether oxygens (including phenoxy) is 1. The van der Waals surface area contributed by atoms with Gasteiger partial charge in [-0.3, -0.25) is 4.79 Å². The van der Waals surface area contributed by atoms with E-state index in [2.05, 4.69) is 5.32 Å². The maximum Gasteiger partial charge on any atom is 0.254 e. The SMILES string of the molecule is CNC(=O)c1ccc(N)cc1OCc1ccccc1Cl. The maximum atomic E-state index is 11.8. The average molecular weight is 291 g/mol. The Labute approximate surface area is 122 Å². The number of nitrogens with one attached hydrogen (secondary N) is 1. The van der Waals surface area contributed by atoms with Crippen LogP contribution in [0, 0.1) is 0 Å². The number of amides is 1. The molecule has 5 heteroatoms. The standard InChI is InChI=1S/C15H15ClN2O2/c1-18-15(19)12-7-6-11(17)8-14(12)20-9-10-4-2-3-5-13(10)16/h2-8H,9,17H2,1H3,(H,18,19). The molecular formula is C15H15ClN2O2. The van der Waals surface area contributed by atoms with Crippen molar-refractivity contribution >= 4 is 23.2 Å². The van der Waals surface area contributed by atoms with Crippen LogP contribution in [0.2, 0.25) is 5.02 Å². The molecule has 0 heterocycles. The van der Waals surface area contributed by atoms with Crippen LogP contribution in [-0.4, -0.2) is 13.0 Å². The van der Waals surface area contributed by atoms with Crippen LogP contribution in [0.5, 0.6) is 5.75 Å². The fourth-order valence-electron chi connectivity index (χ4n) is 1.75. The quantitative estimate of drug-likeness (QED) is 0.851. The van der Waals surface area contributed by atoms with Crippen LogP contribution in [0.1, 0.15) is 15.9 Å². The van der Waals surface area contributed by atoms with Crippen molar-refractivity contribution in [3.63, 3.8) is 0 Å². The third-order valence-corrected chi connectivity index (χ3v) is 3.19. The number of rotatable bonds is 4. The first kappa shape index (κ1) is 14.2. The number of halogens is 1. The molecular weight excluding hydrogens is 276 g/mol. The Morgan fingerprint density at radius 3 is 2.75 bits per heavy atom. The van der Waals surface area contributed by atoms with Crippen molar-refractivity contribution in [3.8, 4) is 5.75 Å². The summed E-state index contributed by atoms with van der Waals surface area (Å²) in [7, 11) is 1.57. The Morgan fingerprint density at radius 1 is 1.30 bits per heavy atom. The Morgan fingerprint density at radius 2 is 2.05 bits per heavy atom. The van der Waals surface area contributed by atoms with Crippen LogP contribution in [0.25, 0.3) is 0 Å². The van der Waals surface area contributed by atoms with Crippen molar-refractivity contribution in [2.75, 3.05) is 12.8 Å². The number of hydrogen-bond acceptors (Lipinski definition) is 3. The zero-order chi connectivity index (χ0) is 14.5. The lowest BCUT2D eigenvalue weighted by Gasteiger charge is -2.12. The van der Waals surface area contributed by atoms with Gasteiger partial charge in [-0.1, -0.05) is 29.8 Å². The highest BCUT2D eigenvalue weighted by molar-refractivity contribution is 6.31. The summed E-state index contributed by atoms with van der Waals surface area (Å²) in [6.45, 7) is 0.271. The van der Waals surface area contributed by atoms with Gasteiger partial charge in [0.25, 0.3) is 5.91 Å². The first-order valence-electron chi connectivity index (χ1n) is 6.09. The van der Waals surface area contributed by atoms with E-state index in [0.717, 1.165) is 5.56 Å². The average Bonchev–Trinajstić information content (AvgIpc) is 2.46. The predicted molar refractivity (Wildman–Crippen MR) is 80.0 cm³/mol. The van der Waals surface area contributed by atoms with Gasteiger partial charge >= 0.3 is 0 Å². The van der Waals surface area contributed by atoms with E-state index in [9.17, 15) is 4.79 Å². The van der Waals surface area contributed by atoms with Crippen molar-refractivity contribution < 1.29 is 9.53 Å². The van der Waals surface area contributed by atoms with E-state index in [0.29, 0.717) is 22.0 Å². The molecule has 0 aromatic heterocycles. The van der Waals surface area contributed by atoms with Gasteiger partial charge < -0.3 is 15.8 Å². The molecule has 0 bridgehead atoms. The van der Waals surface area contributed by atoms with Crippen molar-refractivity contribution in [3.05, 3.63) is 58.6 Å². The number of carbonyl (C=O) groups excluding carboxylic acids is 1. The summed E-state index contributed by atoms with van der Waals surface area (Å²) in [6, 6.07) is 12.3. The molecule has 104 valence electrons. The minimum absolute atomic E-state index is 0.223. The first-order valence-corrected chi connectivity index (χ1v) is 6.47. The highest BCUT2D eigenvalue weighted by Gasteiger charge is 2.12. The minimum atomic E-state index is -0.223. The normalized spacial score (nSPS) is 10.1. The second-order valence-corrected chi connectivity index (χ2v) is 4.62. The topological polar surface area (TPSA) is 64.4 Å². The molecule has 0 fully saturated rings. The van der Waals surface area contributed by atoms with Gasteiger partial charge in [0.2, 0.25) is 0 Å². The second kappa shape index (κ2) is 6.30. The second-order valence-electron chi connectivity index (χ2n) is 4.21. The van der Waals surface area contributed by atoms with E-state index >= 15 is 0 Å². The van der Waals surface area contributed by atoms with Gasteiger partial charge in [0.05, 0.1) is 5.56 Å². The third-order valence-electron chi connectivity index (χ3n) is 2.82. The number of carbonyl (C=O) groups is 1. The molecule has 0 saturated heterocycles. The molecule has 2 rings (SSSR count). The van der Waals surface area contributed by atoms with Gasteiger partial charge in [-0.15, -0.1) is 0 Å². The third kappa shape index (κ3) is 3.22. The van der Waals surface area contributed by atoms with E-state index < -0.39 is 0 Å². The van der Waals surface area contributed by atoms with Crippen LogP contribution in [0.15, 0.2) is 42.5 Å². The van der Waals surface area contributed by atoms with Gasteiger partial charge in [-0.2, -0.15) is 0 Å². The van der Waals surface area contributed by atoms with Gasteiger partial charge in [0.1, 0.15) is 12.4 Å². The van der Waals surface area contributed by atoms with Crippen LogP contribution >= 0.6 is 11.6 Å². The molecule has 0 atom stereocenters. The fourth-order valence-corrected chi connectivity index (χ4v) is 1.94. The largest absolute Gasteiger partial charge is 0.488 e. The van der Waals surface area contributed by atoms with Crippen LogP contribution < -0.4 is 15.8 Å². The Hall–Kier alpha value is -2.20. The molecule has 3 N–H and O–H groups in total. The zero-order valence-electron chi connectivity index (χ0n) is 11.0. The van der Waals surface area contributed by atoms with Crippen molar-refractivity contribution in [2.24, 2.45) is 0 Å². The molecule has 0 radical (unpaired) electrons. The van der Waals surface area contributed by atoms with Crippen molar-refractivity contribution in [1.82, 2.24) is 5.32 Å². The number of benzene rings is 2. The summed E-state index contributed by atoms with van der Waals surface area (Å²) in [5, 5.41) is 3.19. The number of nitrogen functional groups attached to an aromatic ring is 1. The Kier molecular flexibility index (Phi) is 4.48. The number of hydrogen-bond donors (Lipinski definition) is 2. The molecule has 0 saturated carbocycles. The molecule has 0 aliphatic heterocycles. The van der Waals surface area contributed by atoms with Crippen molar-refractivity contribution in [2.45, 2.75) is 6.61 Å². The molecule has 20 heavy (non-hydrogen) atoms. The highest BCUT2D eigenvalue weighted by Crippen LogP contribution is 2.24. The first-order chi connectivity index (χ1) is 9.61. The summed E-state index contributed by atoms with van der Waals surface area (Å²) < 4.78 is 5.68. The summed E-state index contributed by atoms with van der Waals surface area (Å²) in [5.74, 6) is 0.212. The summed E-state index contributed by atoms with van der Waals surface area (Å²) in [4.78, 5) is 11.8. The van der Waals surface area contributed by atoms with Gasteiger partial charge in [0.15, 0.2) is 0 Å². The molecule has 0 aliphatic carbocycles. The smallest absolute Gasteiger partial charge is 0.254 e. The van der Waals surface area contributed by atoms with E-state index in [1.54, 1.807) is 31.3 Å². The molecule has 0 aliphatic rings. The lowest BCUT2D eigenvalue weighted by atomic mass is 10.1. The summed E-state index contributed by atoms with van der Waals surface area (Å²) >= 11 is 6.07. The van der Waals surface area contributed by atoms with Crippen LogP contribution in [0.4, 0.5) is 5.69 Å². The van der Waals surface area contributed by atoms with Crippen molar-refractivity contribution in [1.29, 1.82) is 0 Å². The lowest BCUT2D eigenvalue weighted by molar-refractivity contribution is 0.0958. The van der Waals surface area contributed by atoms with E-state index in [4.69, 9.17) is 22.1 Å². The van der Waals surface area contributed by atoms with E-state index in [1.165, 1.54) is 0 Å². The van der Waals surface area contributed by atoms with Gasteiger partial charge in [-0.05, 0) is 18.2 Å². The maximum absolute atomic E-state index is 11.8. The van der Waals surface area contributed by atoms with E-state index in [1.807, 2.05) is 18.2 Å². The predicted octanol–water partition coefficient (Wildman–Crippen LogP) is 2.86. The van der Waals surface area contributed by atoms with Gasteiger partial charge in [-0.25, -0.2) is 0 Å². The molecule has 0 spiro atoms. The monoisotopic (exact) mass is 290 g/mol. The number of nitrogens with two attached hydrogens (primary N) is 1. The summed E-state index contributed by atoms with van der Waals surface area (Å²) in [6.07, 6.45) is 0. The fraction of sp³-hybridized carbons (Fsp3) is 0.133. The minimum Gasteiger partial charge on any atom is -0.488 e. The molecule has 2 aromatic rings. The Bertz CT molecular complexity index is 629. The van der Waals surface area contributed by atoms with Gasteiger partial charge in [0, 0.05) is 29.4 Å². The summed E-state index contributed by atoms with van der Waals surface area (Å²) in [5.41, 5.74) is 7.55. The zero-order valence-corrected chi connectivity index (χ0v) is 11.8. The van der Waals surface area contributed by atoms with Crippen LogP contribution in [-0.2, 0) is 6.61 Å². The molecule has 4 nitrogen and oxygen atoms in total. The van der Waals surface area contributed by atoms with Crippen LogP contribution in [0.3, 0.4) is 0 Å².